The minimum Gasteiger partial charge on any atom is -0.465 e. The number of ether oxygens (including phenoxy) is 1. The minimum absolute atomic E-state index is 0.00786. The van der Waals surface area contributed by atoms with Gasteiger partial charge < -0.3 is 14.5 Å². The Morgan fingerprint density at radius 2 is 1.88 bits per heavy atom. The van der Waals surface area contributed by atoms with E-state index in [4.69, 9.17) is 9.15 Å². The average Bonchev–Trinajstić information content (AvgIpc) is 2.90. The van der Waals surface area contributed by atoms with Crippen molar-refractivity contribution in [2.24, 2.45) is 5.41 Å². The number of carbonyl (C=O) groups is 3. The summed E-state index contributed by atoms with van der Waals surface area (Å²) in [4.78, 5) is 37.0. The Morgan fingerprint density at radius 1 is 1.19 bits per heavy atom. The van der Waals surface area contributed by atoms with Crippen molar-refractivity contribution in [2.75, 3.05) is 12.4 Å². The van der Waals surface area contributed by atoms with Crippen LogP contribution in [0.5, 0.6) is 0 Å². The fourth-order valence-electron chi connectivity index (χ4n) is 3.36. The highest BCUT2D eigenvalue weighted by Crippen LogP contribution is 2.38. The number of benzene rings is 1. The Labute approximate surface area is 151 Å². The van der Waals surface area contributed by atoms with Gasteiger partial charge in [-0.05, 0) is 24.5 Å². The summed E-state index contributed by atoms with van der Waals surface area (Å²) >= 11 is 0. The van der Waals surface area contributed by atoms with Crippen LogP contribution in [0.2, 0.25) is 0 Å². The summed E-state index contributed by atoms with van der Waals surface area (Å²) in [5, 5.41) is 2.68. The zero-order valence-electron chi connectivity index (χ0n) is 15.3. The van der Waals surface area contributed by atoms with E-state index < -0.39 is 11.9 Å². The molecule has 6 heteroatoms. The van der Waals surface area contributed by atoms with E-state index in [0.29, 0.717) is 35.4 Å². The van der Waals surface area contributed by atoms with Gasteiger partial charge in [0.25, 0.3) is 5.91 Å². The molecule has 0 unspecified atom stereocenters. The molecular weight excluding hydrogens is 334 g/mol. The van der Waals surface area contributed by atoms with Crippen LogP contribution >= 0.6 is 0 Å². The molecule has 0 atom stereocenters. The number of furan rings is 1. The molecule has 2 aromatic rings. The van der Waals surface area contributed by atoms with Gasteiger partial charge in [0.05, 0.1) is 23.9 Å². The van der Waals surface area contributed by atoms with Gasteiger partial charge in [0, 0.05) is 18.4 Å². The van der Waals surface area contributed by atoms with Crippen LogP contribution in [0.25, 0.3) is 0 Å². The van der Waals surface area contributed by atoms with Crippen LogP contribution in [-0.2, 0) is 11.2 Å². The van der Waals surface area contributed by atoms with Crippen molar-refractivity contribution >= 4 is 23.3 Å². The molecule has 6 nitrogen and oxygen atoms in total. The van der Waals surface area contributed by atoms with Gasteiger partial charge in [-0.15, -0.1) is 0 Å². The molecule has 1 heterocycles. The van der Waals surface area contributed by atoms with E-state index in [1.165, 1.54) is 7.11 Å². The maximum atomic E-state index is 12.7. The third-order valence-corrected chi connectivity index (χ3v) is 4.56. The number of esters is 1. The van der Waals surface area contributed by atoms with Crippen molar-refractivity contribution in [3.8, 4) is 0 Å². The molecular formula is C20H21NO5. The van der Waals surface area contributed by atoms with Crippen LogP contribution in [0.1, 0.15) is 62.9 Å². The number of methoxy groups -OCH3 is 1. The molecule has 1 aliphatic rings. The van der Waals surface area contributed by atoms with Crippen LogP contribution in [0.4, 0.5) is 5.69 Å². The number of para-hydroxylation sites is 1. The molecule has 0 radical (unpaired) electrons. The summed E-state index contributed by atoms with van der Waals surface area (Å²) in [5.74, 6) is -0.408. The predicted molar refractivity (Wildman–Crippen MR) is 95.6 cm³/mol. The third kappa shape index (κ3) is 3.14. The van der Waals surface area contributed by atoms with Crippen molar-refractivity contribution in [1.82, 2.24) is 0 Å². The first-order valence-electron chi connectivity index (χ1n) is 8.37. The first-order chi connectivity index (χ1) is 12.2. The van der Waals surface area contributed by atoms with Gasteiger partial charge in [-0.3, -0.25) is 9.59 Å². The summed E-state index contributed by atoms with van der Waals surface area (Å²) in [6, 6.07) is 6.55. The summed E-state index contributed by atoms with van der Waals surface area (Å²) in [6.45, 7) is 5.70. The highest BCUT2D eigenvalue weighted by Gasteiger charge is 2.37. The summed E-state index contributed by atoms with van der Waals surface area (Å²) in [6.07, 6.45) is 1.02. The van der Waals surface area contributed by atoms with E-state index in [-0.39, 0.29) is 22.5 Å². The number of anilines is 1. The van der Waals surface area contributed by atoms with Crippen LogP contribution < -0.4 is 5.32 Å². The average molecular weight is 355 g/mol. The first-order valence-corrected chi connectivity index (χ1v) is 8.37. The van der Waals surface area contributed by atoms with E-state index in [2.05, 4.69) is 5.32 Å². The Hall–Kier alpha value is -2.89. The van der Waals surface area contributed by atoms with Crippen LogP contribution in [0, 0.1) is 12.3 Å². The molecule has 26 heavy (non-hydrogen) atoms. The second kappa shape index (κ2) is 6.44. The number of ketones is 1. The molecule has 0 spiro atoms. The molecule has 0 saturated heterocycles. The fraction of sp³-hybridized carbons (Fsp3) is 0.350. The normalized spacial score (nSPS) is 15.3. The minimum atomic E-state index is -0.548. The molecule has 1 aromatic carbocycles. The lowest BCUT2D eigenvalue weighted by Crippen LogP contribution is -2.26. The van der Waals surface area contributed by atoms with Gasteiger partial charge in [-0.1, -0.05) is 26.0 Å². The van der Waals surface area contributed by atoms with Gasteiger partial charge in [-0.2, -0.15) is 0 Å². The van der Waals surface area contributed by atoms with Gasteiger partial charge >= 0.3 is 5.97 Å². The van der Waals surface area contributed by atoms with Gasteiger partial charge in [0.1, 0.15) is 5.76 Å². The highest BCUT2D eigenvalue weighted by atomic mass is 16.5. The van der Waals surface area contributed by atoms with Crippen LogP contribution in [0.15, 0.2) is 28.7 Å². The second-order valence-electron chi connectivity index (χ2n) is 7.29. The largest absolute Gasteiger partial charge is 0.465 e. The number of carbonyl (C=O) groups excluding carboxylic acids is 3. The zero-order valence-corrected chi connectivity index (χ0v) is 15.3. The number of hydrogen-bond acceptors (Lipinski definition) is 5. The zero-order chi connectivity index (χ0) is 19.1. The molecule has 136 valence electrons. The van der Waals surface area contributed by atoms with Gasteiger partial charge in [0.15, 0.2) is 11.5 Å². The number of Topliss-reactive ketones (excluding diaryl/α,β-unsaturated/α-hetero) is 1. The number of hydrogen-bond donors (Lipinski definition) is 1. The van der Waals surface area contributed by atoms with Crippen molar-refractivity contribution in [3.63, 3.8) is 0 Å². The third-order valence-electron chi connectivity index (χ3n) is 4.56. The van der Waals surface area contributed by atoms with Gasteiger partial charge in [0.2, 0.25) is 0 Å². The monoisotopic (exact) mass is 355 g/mol. The first kappa shape index (κ1) is 17.9. The molecule has 0 bridgehead atoms. The lowest BCUT2D eigenvalue weighted by atomic mass is 9.76. The molecule has 0 fully saturated rings. The Kier molecular flexibility index (Phi) is 4.44. The summed E-state index contributed by atoms with van der Waals surface area (Å²) in [7, 11) is 1.28. The molecule has 1 aliphatic carbocycles. The van der Waals surface area contributed by atoms with E-state index in [9.17, 15) is 14.4 Å². The lowest BCUT2D eigenvalue weighted by molar-refractivity contribution is 0.0601. The van der Waals surface area contributed by atoms with Crippen molar-refractivity contribution in [3.05, 3.63) is 52.5 Å². The Morgan fingerprint density at radius 3 is 2.58 bits per heavy atom. The number of amides is 1. The van der Waals surface area contributed by atoms with E-state index in [1.54, 1.807) is 31.2 Å². The molecule has 0 aliphatic heterocycles. The molecule has 1 aromatic heterocycles. The fourth-order valence-corrected chi connectivity index (χ4v) is 3.36. The molecule has 0 saturated carbocycles. The van der Waals surface area contributed by atoms with E-state index in [1.807, 2.05) is 13.8 Å². The maximum Gasteiger partial charge on any atom is 0.339 e. The van der Waals surface area contributed by atoms with Crippen molar-refractivity contribution in [2.45, 2.75) is 33.6 Å². The number of rotatable bonds is 3. The van der Waals surface area contributed by atoms with Crippen LogP contribution in [-0.4, -0.2) is 24.8 Å². The summed E-state index contributed by atoms with van der Waals surface area (Å²) in [5.41, 5.74) is 1.42. The Balaban J connectivity index is 1.94. The number of nitrogens with one attached hydrogen (secondary N) is 1. The van der Waals surface area contributed by atoms with E-state index in [0.717, 1.165) is 0 Å². The number of fused-ring (bicyclic) bond motifs is 1. The van der Waals surface area contributed by atoms with Crippen molar-refractivity contribution in [1.29, 1.82) is 0 Å². The standard InChI is InChI=1S/C20H21NO5/c1-11-16-14(22)9-20(2,3)10-15(16)26-17(11)18(23)21-13-8-6-5-7-12(13)19(24)25-4/h5-8H,9-10H2,1-4H3,(H,21,23). The predicted octanol–water partition coefficient (Wildman–Crippen LogP) is 3.78. The van der Waals surface area contributed by atoms with Gasteiger partial charge in [-0.25, -0.2) is 4.79 Å². The quantitative estimate of drug-likeness (QED) is 0.847. The second-order valence-corrected chi connectivity index (χ2v) is 7.29. The van der Waals surface area contributed by atoms with Crippen molar-refractivity contribution < 1.29 is 23.5 Å². The topological polar surface area (TPSA) is 85.6 Å². The highest BCUT2D eigenvalue weighted by molar-refractivity contribution is 6.09. The lowest BCUT2D eigenvalue weighted by Gasteiger charge is -2.27. The summed E-state index contributed by atoms with van der Waals surface area (Å²) < 4.78 is 10.5. The molecule has 3 rings (SSSR count). The van der Waals surface area contributed by atoms with Crippen LogP contribution in [0.3, 0.4) is 0 Å². The molecule has 1 amide bonds. The van der Waals surface area contributed by atoms with E-state index >= 15 is 0 Å². The molecule has 1 N–H and O–H groups in total. The Bertz CT molecular complexity index is 907. The smallest absolute Gasteiger partial charge is 0.339 e. The SMILES string of the molecule is COC(=O)c1ccccc1NC(=O)c1oc2c(c1C)C(=O)CC(C)(C)C2. The maximum absolute atomic E-state index is 12.7.